The molecule has 3 N–H and O–H groups in total. The van der Waals surface area contributed by atoms with Gasteiger partial charge in [0.15, 0.2) is 0 Å². The van der Waals surface area contributed by atoms with Crippen molar-refractivity contribution < 1.29 is 4.79 Å². The highest BCUT2D eigenvalue weighted by molar-refractivity contribution is 5.85. The van der Waals surface area contributed by atoms with Crippen LogP contribution in [0.5, 0.6) is 0 Å². The van der Waals surface area contributed by atoms with Crippen LogP contribution < -0.4 is 11.1 Å². The van der Waals surface area contributed by atoms with Gasteiger partial charge in [-0.1, -0.05) is 6.92 Å². The summed E-state index contributed by atoms with van der Waals surface area (Å²) in [5.41, 5.74) is 5.16. The number of rotatable bonds is 5. The second-order valence-electron chi connectivity index (χ2n) is 5.68. The van der Waals surface area contributed by atoms with E-state index in [4.69, 9.17) is 5.73 Å². The number of hydrogen-bond donors (Lipinski definition) is 2. The SMILES string of the molecule is CCCN1CCC(NC(=O)C(C)(C)CN)CC1.Cl.Cl. The molecule has 0 aromatic carbocycles. The predicted octanol–water partition coefficient (Wildman–Crippen LogP) is 1.81. The van der Waals surface area contributed by atoms with Gasteiger partial charge in [-0.3, -0.25) is 4.79 Å². The fourth-order valence-corrected chi connectivity index (χ4v) is 2.09. The molecule has 0 atom stereocenters. The quantitative estimate of drug-likeness (QED) is 0.813. The zero-order chi connectivity index (χ0) is 12.9. The normalized spacial score (nSPS) is 17.3. The predicted molar refractivity (Wildman–Crippen MR) is 85.2 cm³/mol. The molecule has 1 fully saturated rings. The van der Waals surface area contributed by atoms with E-state index in [1.807, 2.05) is 13.8 Å². The maximum atomic E-state index is 12.0. The molecule has 1 aliphatic rings. The maximum absolute atomic E-state index is 12.0. The molecule has 1 heterocycles. The Bertz CT molecular complexity index is 254. The van der Waals surface area contributed by atoms with Gasteiger partial charge in [0.2, 0.25) is 5.91 Å². The van der Waals surface area contributed by atoms with E-state index in [1.165, 1.54) is 13.0 Å². The first kappa shape index (κ1) is 21.3. The van der Waals surface area contributed by atoms with Crippen molar-refractivity contribution in [1.29, 1.82) is 0 Å². The van der Waals surface area contributed by atoms with Gasteiger partial charge in [-0.15, -0.1) is 24.8 Å². The summed E-state index contributed by atoms with van der Waals surface area (Å²) in [5.74, 6) is 0.0916. The second-order valence-corrected chi connectivity index (χ2v) is 5.68. The van der Waals surface area contributed by atoms with E-state index in [9.17, 15) is 4.79 Å². The Kier molecular flexibility index (Phi) is 11.0. The molecule has 6 heteroatoms. The molecule has 19 heavy (non-hydrogen) atoms. The van der Waals surface area contributed by atoms with Gasteiger partial charge in [0.25, 0.3) is 0 Å². The van der Waals surface area contributed by atoms with E-state index in [1.54, 1.807) is 0 Å². The molecular formula is C13H29Cl2N3O. The Morgan fingerprint density at radius 2 is 1.84 bits per heavy atom. The lowest BCUT2D eigenvalue weighted by Crippen LogP contribution is -2.50. The summed E-state index contributed by atoms with van der Waals surface area (Å²) in [6, 6.07) is 0.335. The summed E-state index contributed by atoms with van der Waals surface area (Å²) in [6.07, 6.45) is 3.33. The number of nitrogens with zero attached hydrogens (tertiary/aromatic N) is 1. The smallest absolute Gasteiger partial charge is 0.227 e. The lowest BCUT2D eigenvalue weighted by Gasteiger charge is -2.33. The third kappa shape index (κ3) is 6.80. The number of nitrogens with two attached hydrogens (primary N) is 1. The summed E-state index contributed by atoms with van der Waals surface area (Å²) in [7, 11) is 0. The summed E-state index contributed by atoms with van der Waals surface area (Å²) >= 11 is 0. The number of hydrogen-bond acceptors (Lipinski definition) is 3. The van der Waals surface area contributed by atoms with Gasteiger partial charge in [-0.2, -0.15) is 0 Å². The second kappa shape index (κ2) is 9.81. The Labute approximate surface area is 129 Å². The summed E-state index contributed by atoms with van der Waals surface area (Å²) in [5, 5.41) is 3.13. The topological polar surface area (TPSA) is 58.4 Å². The van der Waals surface area contributed by atoms with Gasteiger partial charge in [0.05, 0.1) is 5.41 Å². The monoisotopic (exact) mass is 313 g/mol. The zero-order valence-electron chi connectivity index (χ0n) is 12.3. The Balaban J connectivity index is 0. The van der Waals surface area contributed by atoms with Crippen LogP contribution in [-0.2, 0) is 4.79 Å². The number of nitrogens with one attached hydrogen (secondary N) is 1. The summed E-state index contributed by atoms with van der Waals surface area (Å²) in [4.78, 5) is 14.4. The number of likely N-dealkylation sites (tertiary alicyclic amines) is 1. The van der Waals surface area contributed by atoms with Crippen LogP contribution in [0, 0.1) is 5.41 Å². The van der Waals surface area contributed by atoms with Crippen LogP contribution in [0.1, 0.15) is 40.0 Å². The third-order valence-electron chi connectivity index (χ3n) is 3.59. The number of piperidine rings is 1. The number of halogens is 2. The number of carbonyl (C=O) groups excluding carboxylic acids is 1. The Morgan fingerprint density at radius 3 is 2.26 bits per heavy atom. The van der Waals surface area contributed by atoms with E-state index in [0.29, 0.717) is 12.6 Å². The van der Waals surface area contributed by atoms with E-state index < -0.39 is 5.41 Å². The largest absolute Gasteiger partial charge is 0.353 e. The minimum absolute atomic E-state index is 0. The van der Waals surface area contributed by atoms with Crippen molar-refractivity contribution >= 4 is 30.7 Å². The van der Waals surface area contributed by atoms with Crippen molar-refractivity contribution in [2.24, 2.45) is 11.1 Å². The molecule has 1 rings (SSSR count). The van der Waals surface area contributed by atoms with Gasteiger partial charge >= 0.3 is 0 Å². The fraction of sp³-hybridized carbons (Fsp3) is 0.923. The Hall–Kier alpha value is -0.0300. The molecule has 1 saturated heterocycles. The molecule has 0 aromatic rings. The van der Waals surface area contributed by atoms with Crippen LogP contribution in [0.15, 0.2) is 0 Å². The molecule has 4 nitrogen and oxygen atoms in total. The molecule has 0 radical (unpaired) electrons. The fourth-order valence-electron chi connectivity index (χ4n) is 2.09. The molecule has 0 bridgehead atoms. The van der Waals surface area contributed by atoms with Crippen LogP contribution in [0.3, 0.4) is 0 Å². The van der Waals surface area contributed by atoms with Gasteiger partial charge in [0.1, 0.15) is 0 Å². The first-order valence-electron chi connectivity index (χ1n) is 6.73. The lowest BCUT2D eigenvalue weighted by molar-refractivity contribution is -0.129. The van der Waals surface area contributed by atoms with Crippen molar-refractivity contribution in [3.05, 3.63) is 0 Å². The van der Waals surface area contributed by atoms with Gasteiger partial charge in [0, 0.05) is 25.7 Å². The van der Waals surface area contributed by atoms with Crippen LogP contribution in [0.25, 0.3) is 0 Å². The van der Waals surface area contributed by atoms with Crippen LogP contribution in [0.4, 0.5) is 0 Å². The van der Waals surface area contributed by atoms with Crippen molar-refractivity contribution in [3.8, 4) is 0 Å². The maximum Gasteiger partial charge on any atom is 0.227 e. The minimum atomic E-state index is -0.444. The average Bonchev–Trinajstić information content (AvgIpc) is 2.32. The van der Waals surface area contributed by atoms with Gasteiger partial charge in [-0.25, -0.2) is 0 Å². The van der Waals surface area contributed by atoms with E-state index in [2.05, 4.69) is 17.1 Å². The highest BCUT2D eigenvalue weighted by Crippen LogP contribution is 2.16. The van der Waals surface area contributed by atoms with E-state index >= 15 is 0 Å². The molecule has 0 saturated carbocycles. The van der Waals surface area contributed by atoms with Gasteiger partial charge < -0.3 is 16.0 Å². The van der Waals surface area contributed by atoms with Crippen molar-refractivity contribution in [2.75, 3.05) is 26.2 Å². The molecule has 1 amide bonds. The third-order valence-corrected chi connectivity index (χ3v) is 3.59. The van der Waals surface area contributed by atoms with Crippen LogP contribution >= 0.6 is 24.8 Å². The van der Waals surface area contributed by atoms with Crippen LogP contribution in [-0.4, -0.2) is 43.0 Å². The molecule has 1 aliphatic heterocycles. The highest BCUT2D eigenvalue weighted by atomic mass is 35.5. The van der Waals surface area contributed by atoms with Gasteiger partial charge in [-0.05, 0) is 39.7 Å². The summed E-state index contributed by atoms with van der Waals surface area (Å²) in [6.45, 7) is 9.77. The molecule has 0 unspecified atom stereocenters. The van der Waals surface area contributed by atoms with Crippen molar-refractivity contribution in [2.45, 2.75) is 46.1 Å². The highest BCUT2D eigenvalue weighted by Gasteiger charge is 2.28. The number of carbonyl (C=O) groups is 1. The molecule has 116 valence electrons. The number of amides is 1. The minimum Gasteiger partial charge on any atom is -0.353 e. The van der Waals surface area contributed by atoms with Crippen LogP contribution in [0.2, 0.25) is 0 Å². The van der Waals surface area contributed by atoms with Crippen molar-refractivity contribution in [1.82, 2.24) is 10.2 Å². The first-order valence-corrected chi connectivity index (χ1v) is 6.73. The first-order chi connectivity index (χ1) is 7.99. The standard InChI is InChI=1S/C13H27N3O.2ClH/c1-4-7-16-8-5-11(6-9-16)15-12(17)13(2,3)10-14;;/h11H,4-10,14H2,1-3H3,(H,15,17);2*1H. The Morgan fingerprint density at radius 1 is 1.32 bits per heavy atom. The van der Waals surface area contributed by atoms with E-state index in [-0.39, 0.29) is 30.7 Å². The average molecular weight is 314 g/mol. The molecule has 0 aliphatic carbocycles. The van der Waals surface area contributed by atoms with E-state index in [0.717, 1.165) is 25.9 Å². The lowest BCUT2D eigenvalue weighted by atomic mass is 9.91. The summed E-state index contributed by atoms with van der Waals surface area (Å²) < 4.78 is 0. The zero-order valence-corrected chi connectivity index (χ0v) is 13.9. The molecule has 0 aromatic heterocycles. The molecular weight excluding hydrogens is 285 g/mol. The van der Waals surface area contributed by atoms with Crippen molar-refractivity contribution in [3.63, 3.8) is 0 Å². The molecule has 0 spiro atoms.